The van der Waals surface area contributed by atoms with Gasteiger partial charge in [0.15, 0.2) is 0 Å². The lowest BCUT2D eigenvalue weighted by Crippen LogP contribution is -2.30. The zero-order valence-electron chi connectivity index (χ0n) is 15.1. The first kappa shape index (κ1) is 18.6. The van der Waals surface area contributed by atoms with Crippen LogP contribution in [0.5, 0.6) is 0 Å². The fourth-order valence-corrected chi connectivity index (χ4v) is 2.93. The van der Waals surface area contributed by atoms with E-state index in [0.29, 0.717) is 11.3 Å². The number of aliphatic carboxylic acids is 1. The van der Waals surface area contributed by atoms with Crippen LogP contribution in [-0.2, 0) is 9.59 Å². The summed E-state index contributed by atoms with van der Waals surface area (Å²) in [5.41, 5.74) is 2.75. The van der Waals surface area contributed by atoms with Crippen LogP contribution in [0.15, 0.2) is 48.5 Å². The molecule has 140 valence electrons. The molecule has 0 saturated heterocycles. The molecule has 6 nitrogen and oxygen atoms in total. The van der Waals surface area contributed by atoms with Crippen LogP contribution >= 0.6 is 0 Å². The van der Waals surface area contributed by atoms with Crippen molar-refractivity contribution in [1.82, 2.24) is 5.32 Å². The van der Waals surface area contributed by atoms with Crippen molar-refractivity contribution in [3.8, 4) is 0 Å². The van der Waals surface area contributed by atoms with Gasteiger partial charge in [-0.1, -0.05) is 24.3 Å². The Kier molecular flexibility index (Phi) is 5.54. The van der Waals surface area contributed by atoms with Gasteiger partial charge in [0.2, 0.25) is 5.91 Å². The van der Waals surface area contributed by atoms with Gasteiger partial charge in [0.1, 0.15) is 0 Å². The second-order valence-corrected chi connectivity index (χ2v) is 6.82. The number of amides is 2. The molecule has 0 aromatic heterocycles. The number of carboxylic acids is 1. The van der Waals surface area contributed by atoms with E-state index in [1.54, 1.807) is 24.3 Å². The van der Waals surface area contributed by atoms with Crippen molar-refractivity contribution < 1.29 is 19.5 Å². The molecular weight excluding hydrogens is 344 g/mol. The Morgan fingerprint density at radius 3 is 2.33 bits per heavy atom. The minimum atomic E-state index is -0.985. The summed E-state index contributed by atoms with van der Waals surface area (Å²) in [5.74, 6) is -1.22. The average molecular weight is 366 g/mol. The van der Waals surface area contributed by atoms with E-state index in [9.17, 15) is 19.5 Å². The van der Waals surface area contributed by atoms with E-state index < -0.39 is 12.0 Å². The van der Waals surface area contributed by atoms with Crippen LogP contribution < -0.4 is 10.6 Å². The van der Waals surface area contributed by atoms with E-state index in [0.717, 1.165) is 24.0 Å². The van der Waals surface area contributed by atoms with E-state index >= 15 is 0 Å². The quantitative estimate of drug-likeness (QED) is 0.701. The van der Waals surface area contributed by atoms with Gasteiger partial charge >= 0.3 is 5.97 Å². The molecular formula is C21H22N2O4. The maximum Gasteiger partial charge on any atom is 0.305 e. The van der Waals surface area contributed by atoms with Gasteiger partial charge in [0.05, 0.1) is 12.5 Å². The summed E-state index contributed by atoms with van der Waals surface area (Å²) in [4.78, 5) is 35.6. The predicted octanol–water partition coefficient (Wildman–Crippen LogP) is 3.29. The highest BCUT2D eigenvalue weighted by Crippen LogP contribution is 2.30. The largest absolute Gasteiger partial charge is 0.481 e. The van der Waals surface area contributed by atoms with Crippen molar-refractivity contribution in [2.45, 2.75) is 32.2 Å². The third kappa shape index (κ3) is 4.94. The second kappa shape index (κ2) is 8.03. The van der Waals surface area contributed by atoms with Crippen molar-refractivity contribution in [1.29, 1.82) is 0 Å². The lowest BCUT2D eigenvalue weighted by atomic mass is 9.98. The molecule has 1 aliphatic rings. The van der Waals surface area contributed by atoms with Crippen molar-refractivity contribution in [2.75, 3.05) is 5.32 Å². The lowest BCUT2D eigenvalue weighted by Gasteiger charge is -2.19. The number of carbonyl (C=O) groups excluding carboxylic acids is 2. The molecule has 6 heteroatoms. The third-order valence-corrected chi connectivity index (χ3v) is 4.61. The summed E-state index contributed by atoms with van der Waals surface area (Å²) < 4.78 is 0. The lowest BCUT2D eigenvalue weighted by molar-refractivity contribution is -0.137. The van der Waals surface area contributed by atoms with E-state index in [2.05, 4.69) is 10.6 Å². The molecule has 0 heterocycles. The molecule has 2 aromatic rings. The summed E-state index contributed by atoms with van der Waals surface area (Å²) >= 11 is 0. The maximum absolute atomic E-state index is 12.6. The molecule has 1 unspecified atom stereocenters. The highest BCUT2D eigenvalue weighted by Gasteiger charge is 2.29. The Balaban J connectivity index is 1.70. The summed E-state index contributed by atoms with van der Waals surface area (Å²) in [7, 11) is 0. The van der Waals surface area contributed by atoms with Crippen molar-refractivity contribution >= 4 is 23.5 Å². The smallest absolute Gasteiger partial charge is 0.305 e. The van der Waals surface area contributed by atoms with Crippen LogP contribution in [0.4, 0.5) is 5.69 Å². The van der Waals surface area contributed by atoms with Gasteiger partial charge < -0.3 is 15.7 Å². The van der Waals surface area contributed by atoms with Crippen molar-refractivity contribution in [3.63, 3.8) is 0 Å². The molecule has 0 bridgehead atoms. The van der Waals surface area contributed by atoms with Crippen LogP contribution in [0, 0.1) is 12.8 Å². The van der Waals surface area contributed by atoms with E-state index in [4.69, 9.17) is 0 Å². The van der Waals surface area contributed by atoms with Gasteiger partial charge in [-0.2, -0.15) is 0 Å². The minimum Gasteiger partial charge on any atom is -0.481 e. The van der Waals surface area contributed by atoms with Crippen LogP contribution in [0.25, 0.3) is 0 Å². The monoisotopic (exact) mass is 366 g/mol. The first-order chi connectivity index (χ1) is 12.9. The number of rotatable bonds is 7. The fourth-order valence-electron chi connectivity index (χ4n) is 2.93. The number of carboxylic acid groups (broad SMARTS) is 1. The van der Waals surface area contributed by atoms with Gasteiger partial charge in [-0.05, 0) is 55.2 Å². The number of anilines is 1. The van der Waals surface area contributed by atoms with E-state index in [1.807, 2.05) is 31.2 Å². The van der Waals surface area contributed by atoms with Crippen molar-refractivity contribution in [2.24, 2.45) is 5.92 Å². The van der Waals surface area contributed by atoms with Gasteiger partial charge in [-0.3, -0.25) is 14.4 Å². The SMILES string of the molecule is Cc1ccccc1C(CC(=O)O)NC(=O)c1ccc(NC(=O)C2CC2)cc1. The Labute approximate surface area is 157 Å². The molecule has 1 saturated carbocycles. The zero-order chi connectivity index (χ0) is 19.4. The number of nitrogens with one attached hydrogen (secondary N) is 2. The van der Waals surface area contributed by atoms with Crippen LogP contribution in [-0.4, -0.2) is 22.9 Å². The van der Waals surface area contributed by atoms with Crippen LogP contribution in [0.2, 0.25) is 0 Å². The molecule has 2 aromatic carbocycles. The number of carbonyl (C=O) groups is 3. The normalized spacial score (nSPS) is 14.3. The van der Waals surface area contributed by atoms with Crippen molar-refractivity contribution in [3.05, 3.63) is 65.2 Å². The standard InChI is InChI=1S/C21H22N2O4/c1-13-4-2-3-5-17(13)18(12-19(24)25)23-21(27)15-8-10-16(11-9-15)22-20(26)14-6-7-14/h2-5,8-11,14,18H,6-7,12H2,1H3,(H,22,26)(H,23,27)(H,24,25). The van der Waals surface area contributed by atoms with Crippen LogP contribution in [0.3, 0.4) is 0 Å². The number of hydrogen-bond donors (Lipinski definition) is 3. The predicted molar refractivity (Wildman–Crippen MR) is 101 cm³/mol. The number of benzene rings is 2. The fraction of sp³-hybridized carbons (Fsp3) is 0.286. The Hall–Kier alpha value is -3.15. The summed E-state index contributed by atoms with van der Waals surface area (Å²) in [6, 6.07) is 13.4. The van der Waals surface area contributed by atoms with Gasteiger partial charge in [0.25, 0.3) is 5.91 Å². The number of hydrogen-bond acceptors (Lipinski definition) is 3. The second-order valence-electron chi connectivity index (χ2n) is 6.82. The summed E-state index contributed by atoms with van der Waals surface area (Å²) in [6.07, 6.45) is 1.65. The highest BCUT2D eigenvalue weighted by molar-refractivity contribution is 5.97. The maximum atomic E-state index is 12.6. The van der Waals surface area contributed by atoms with E-state index in [-0.39, 0.29) is 24.2 Å². The Morgan fingerprint density at radius 1 is 1.07 bits per heavy atom. The highest BCUT2D eigenvalue weighted by atomic mass is 16.4. The van der Waals surface area contributed by atoms with Crippen LogP contribution in [0.1, 0.15) is 46.8 Å². The summed E-state index contributed by atoms with van der Waals surface area (Å²) in [6.45, 7) is 1.88. The molecule has 0 spiro atoms. The average Bonchev–Trinajstić information content (AvgIpc) is 3.47. The molecule has 3 N–H and O–H groups in total. The number of aryl methyl sites for hydroxylation is 1. The first-order valence-corrected chi connectivity index (χ1v) is 8.93. The molecule has 3 rings (SSSR count). The molecule has 2 amide bonds. The molecule has 27 heavy (non-hydrogen) atoms. The molecule has 0 aliphatic heterocycles. The Morgan fingerprint density at radius 2 is 1.74 bits per heavy atom. The Bertz CT molecular complexity index is 857. The van der Waals surface area contributed by atoms with E-state index in [1.165, 1.54) is 0 Å². The summed E-state index contributed by atoms with van der Waals surface area (Å²) in [5, 5.41) is 14.8. The molecule has 0 radical (unpaired) electrons. The first-order valence-electron chi connectivity index (χ1n) is 8.93. The molecule has 1 atom stereocenters. The minimum absolute atomic E-state index is 0.00766. The van der Waals surface area contributed by atoms with Gasteiger partial charge in [0, 0.05) is 17.2 Å². The van der Waals surface area contributed by atoms with Gasteiger partial charge in [-0.25, -0.2) is 0 Å². The topological polar surface area (TPSA) is 95.5 Å². The molecule has 1 fully saturated rings. The molecule has 1 aliphatic carbocycles. The van der Waals surface area contributed by atoms with Gasteiger partial charge in [-0.15, -0.1) is 0 Å². The zero-order valence-corrected chi connectivity index (χ0v) is 15.1. The third-order valence-electron chi connectivity index (χ3n) is 4.61.